The molecule has 128 valence electrons. The van der Waals surface area contributed by atoms with Crippen LogP contribution in [0.1, 0.15) is 55.5 Å². The molecule has 1 N–H and O–H groups in total. The maximum absolute atomic E-state index is 12.1. The number of aryl methyl sites for hydroxylation is 1. The first kappa shape index (κ1) is 17.2. The zero-order valence-corrected chi connectivity index (χ0v) is 15.2. The van der Waals surface area contributed by atoms with E-state index in [1.165, 1.54) is 32.1 Å². The predicted octanol–water partition coefficient (Wildman–Crippen LogP) is 5.10. The van der Waals surface area contributed by atoms with E-state index >= 15 is 0 Å². The van der Waals surface area contributed by atoms with Crippen molar-refractivity contribution < 1.29 is 4.79 Å². The Morgan fingerprint density at radius 3 is 2.71 bits per heavy atom. The molecular weight excluding hydrogens is 316 g/mol. The Morgan fingerprint density at radius 1 is 1.21 bits per heavy atom. The topological polar surface area (TPSA) is 42.0 Å². The van der Waals surface area contributed by atoms with Gasteiger partial charge in [-0.2, -0.15) is 0 Å². The fourth-order valence-electron chi connectivity index (χ4n) is 3.37. The minimum atomic E-state index is 0.176. The summed E-state index contributed by atoms with van der Waals surface area (Å²) < 4.78 is 0. The second-order valence-corrected chi connectivity index (χ2v) is 7.80. The van der Waals surface area contributed by atoms with Crippen molar-refractivity contribution in [3.05, 3.63) is 40.9 Å². The van der Waals surface area contributed by atoms with E-state index in [-0.39, 0.29) is 5.91 Å². The highest BCUT2D eigenvalue weighted by Crippen LogP contribution is 2.28. The Hall–Kier alpha value is -1.68. The van der Waals surface area contributed by atoms with Gasteiger partial charge >= 0.3 is 0 Å². The van der Waals surface area contributed by atoms with Gasteiger partial charge < -0.3 is 5.32 Å². The molecule has 0 aliphatic heterocycles. The highest BCUT2D eigenvalue weighted by Gasteiger charge is 2.15. The van der Waals surface area contributed by atoms with Gasteiger partial charge in [0.1, 0.15) is 5.01 Å². The second kappa shape index (κ2) is 8.43. The van der Waals surface area contributed by atoms with E-state index in [9.17, 15) is 4.79 Å². The number of thiazole rings is 1. The highest BCUT2D eigenvalue weighted by molar-refractivity contribution is 7.15. The fraction of sp³-hybridized carbons (Fsp3) is 0.500. The Balaban J connectivity index is 1.49. The first-order chi connectivity index (χ1) is 11.7. The van der Waals surface area contributed by atoms with Crippen molar-refractivity contribution in [1.29, 1.82) is 0 Å². The molecule has 0 saturated heterocycles. The van der Waals surface area contributed by atoms with Crippen LogP contribution in [-0.2, 0) is 11.3 Å². The van der Waals surface area contributed by atoms with Gasteiger partial charge in [0.15, 0.2) is 0 Å². The van der Waals surface area contributed by atoms with Crippen molar-refractivity contribution in [1.82, 2.24) is 10.3 Å². The van der Waals surface area contributed by atoms with Gasteiger partial charge in [-0.25, -0.2) is 4.98 Å². The van der Waals surface area contributed by atoms with Crippen molar-refractivity contribution in [2.45, 2.75) is 58.4 Å². The number of nitrogens with zero attached hydrogens (tertiary/aromatic N) is 1. The third-order valence-corrected chi connectivity index (χ3v) is 6.07. The molecule has 1 amide bonds. The average molecular weight is 343 g/mol. The number of hydrogen-bond donors (Lipinski definition) is 1. The molecule has 1 aliphatic rings. The van der Waals surface area contributed by atoms with Gasteiger partial charge in [0.2, 0.25) is 5.91 Å². The summed E-state index contributed by atoms with van der Waals surface area (Å²) in [4.78, 5) is 17.9. The van der Waals surface area contributed by atoms with E-state index in [1.54, 1.807) is 11.3 Å². The van der Waals surface area contributed by atoms with E-state index < -0.39 is 0 Å². The first-order valence-electron chi connectivity index (χ1n) is 9.01. The zero-order chi connectivity index (χ0) is 16.8. The Labute approximate surface area is 148 Å². The van der Waals surface area contributed by atoms with Gasteiger partial charge in [0, 0.05) is 16.9 Å². The molecule has 0 atom stereocenters. The summed E-state index contributed by atoms with van der Waals surface area (Å²) in [6, 6.07) is 10.2. The molecule has 1 aromatic carbocycles. The number of nitrogens with one attached hydrogen (secondary N) is 1. The van der Waals surface area contributed by atoms with Gasteiger partial charge in [-0.3, -0.25) is 4.79 Å². The molecule has 3 nitrogen and oxygen atoms in total. The average Bonchev–Trinajstić information content (AvgIpc) is 3.01. The molecule has 0 radical (unpaired) electrons. The molecule has 1 aromatic heterocycles. The van der Waals surface area contributed by atoms with Crippen LogP contribution < -0.4 is 5.32 Å². The maximum atomic E-state index is 12.1. The molecule has 1 heterocycles. The number of aromatic nitrogens is 1. The third kappa shape index (κ3) is 4.67. The SMILES string of the molecule is Cc1nc(-c2ccccc2)sc1CNC(=O)CCC1CCCCC1. The lowest BCUT2D eigenvalue weighted by Gasteiger charge is -2.20. The number of carbonyl (C=O) groups is 1. The molecule has 1 saturated carbocycles. The van der Waals surface area contributed by atoms with Gasteiger partial charge in [-0.15, -0.1) is 11.3 Å². The maximum Gasteiger partial charge on any atom is 0.220 e. The van der Waals surface area contributed by atoms with Gasteiger partial charge in [-0.1, -0.05) is 62.4 Å². The van der Waals surface area contributed by atoms with E-state index in [0.29, 0.717) is 13.0 Å². The van der Waals surface area contributed by atoms with Gasteiger partial charge in [0.25, 0.3) is 0 Å². The monoisotopic (exact) mass is 342 g/mol. The fourth-order valence-corrected chi connectivity index (χ4v) is 4.38. The molecular formula is C20H26N2OS. The molecule has 1 aliphatic carbocycles. The summed E-state index contributed by atoms with van der Waals surface area (Å²) in [5, 5.41) is 4.10. The lowest BCUT2D eigenvalue weighted by atomic mass is 9.86. The third-order valence-electron chi connectivity index (χ3n) is 4.86. The quantitative estimate of drug-likeness (QED) is 0.794. The second-order valence-electron chi connectivity index (χ2n) is 6.71. The number of hydrogen-bond acceptors (Lipinski definition) is 3. The summed E-state index contributed by atoms with van der Waals surface area (Å²) in [6.07, 6.45) is 8.38. The molecule has 2 aromatic rings. The molecule has 0 bridgehead atoms. The molecule has 0 spiro atoms. The van der Waals surface area contributed by atoms with Crippen molar-refractivity contribution in [2.75, 3.05) is 0 Å². The van der Waals surface area contributed by atoms with Crippen molar-refractivity contribution in [3.63, 3.8) is 0 Å². The summed E-state index contributed by atoms with van der Waals surface area (Å²) in [5.41, 5.74) is 2.16. The molecule has 1 fully saturated rings. The molecule has 24 heavy (non-hydrogen) atoms. The number of benzene rings is 1. The van der Waals surface area contributed by atoms with Crippen LogP contribution >= 0.6 is 11.3 Å². The normalized spacial score (nSPS) is 15.4. The van der Waals surface area contributed by atoms with Gasteiger partial charge in [0.05, 0.1) is 12.2 Å². The van der Waals surface area contributed by atoms with Crippen LogP contribution in [0.25, 0.3) is 10.6 Å². The van der Waals surface area contributed by atoms with Crippen LogP contribution in [-0.4, -0.2) is 10.9 Å². The summed E-state index contributed by atoms with van der Waals surface area (Å²) >= 11 is 1.67. The smallest absolute Gasteiger partial charge is 0.220 e. The Morgan fingerprint density at radius 2 is 1.96 bits per heavy atom. The Bertz CT molecular complexity index is 660. The van der Waals surface area contributed by atoms with Crippen LogP contribution in [0.3, 0.4) is 0 Å². The van der Waals surface area contributed by atoms with Crippen LogP contribution in [0.4, 0.5) is 0 Å². The Kier molecular flexibility index (Phi) is 6.02. The van der Waals surface area contributed by atoms with E-state index in [1.807, 2.05) is 25.1 Å². The standard InChI is InChI=1S/C20H26N2OS/c1-15-18(24-20(22-15)17-10-6-3-7-11-17)14-21-19(23)13-12-16-8-4-2-5-9-16/h3,6-7,10-11,16H,2,4-5,8-9,12-14H2,1H3,(H,21,23). The van der Waals surface area contributed by atoms with E-state index in [4.69, 9.17) is 0 Å². The van der Waals surface area contributed by atoms with Crippen molar-refractivity contribution >= 4 is 17.2 Å². The minimum Gasteiger partial charge on any atom is -0.351 e. The summed E-state index contributed by atoms with van der Waals surface area (Å²) in [7, 11) is 0. The first-order valence-corrected chi connectivity index (χ1v) is 9.82. The number of carbonyl (C=O) groups excluding carboxylic acids is 1. The largest absolute Gasteiger partial charge is 0.351 e. The van der Waals surface area contributed by atoms with Crippen LogP contribution in [0.2, 0.25) is 0 Å². The van der Waals surface area contributed by atoms with E-state index in [0.717, 1.165) is 33.5 Å². The molecule has 3 rings (SSSR count). The van der Waals surface area contributed by atoms with Crippen LogP contribution in [0, 0.1) is 12.8 Å². The van der Waals surface area contributed by atoms with Crippen LogP contribution in [0.15, 0.2) is 30.3 Å². The van der Waals surface area contributed by atoms with E-state index in [2.05, 4.69) is 22.4 Å². The predicted molar refractivity (Wildman–Crippen MR) is 99.9 cm³/mol. The lowest BCUT2D eigenvalue weighted by Crippen LogP contribution is -2.23. The number of amides is 1. The number of rotatable bonds is 6. The molecule has 4 heteroatoms. The summed E-state index contributed by atoms with van der Waals surface area (Å²) in [6.45, 7) is 2.62. The van der Waals surface area contributed by atoms with Crippen molar-refractivity contribution in [3.8, 4) is 10.6 Å². The minimum absolute atomic E-state index is 0.176. The van der Waals surface area contributed by atoms with Crippen molar-refractivity contribution in [2.24, 2.45) is 5.92 Å². The lowest BCUT2D eigenvalue weighted by molar-refractivity contribution is -0.121. The summed E-state index contributed by atoms with van der Waals surface area (Å²) in [5.74, 6) is 0.939. The highest BCUT2D eigenvalue weighted by atomic mass is 32.1. The zero-order valence-electron chi connectivity index (χ0n) is 14.4. The van der Waals surface area contributed by atoms with Gasteiger partial charge in [-0.05, 0) is 19.3 Å². The van der Waals surface area contributed by atoms with Crippen LogP contribution in [0.5, 0.6) is 0 Å². The molecule has 0 unspecified atom stereocenters.